The number of likely N-dealkylation sites (tertiary alicyclic amines) is 1. The second kappa shape index (κ2) is 7.37. The molecule has 1 fully saturated rings. The SMILES string of the molecule is C=C1C[C@@H](c2nc3ccc(OC)cc3[nH]2)N(C2=NC(c3cccc(C)c3)C=CN2)C1. The number of aromatic nitrogens is 2. The van der Waals surface area contributed by atoms with Crippen molar-refractivity contribution in [3.63, 3.8) is 0 Å². The molecule has 152 valence electrons. The fraction of sp³-hybridized carbons (Fsp3) is 0.250. The van der Waals surface area contributed by atoms with Crippen molar-refractivity contribution in [2.75, 3.05) is 13.7 Å². The van der Waals surface area contributed by atoms with Crippen molar-refractivity contribution in [3.8, 4) is 5.75 Å². The molecule has 0 radical (unpaired) electrons. The summed E-state index contributed by atoms with van der Waals surface area (Å²) < 4.78 is 5.34. The minimum Gasteiger partial charge on any atom is -0.497 e. The first-order valence-corrected chi connectivity index (χ1v) is 10.2. The highest BCUT2D eigenvalue weighted by molar-refractivity contribution is 5.84. The average molecular weight is 399 g/mol. The van der Waals surface area contributed by atoms with Gasteiger partial charge >= 0.3 is 0 Å². The number of imidazole rings is 1. The number of benzene rings is 2. The first kappa shape index (κ1) is 18.5. The number of aryl methyl sites for hydroxylation is 1. The van der Waals surface area contributed by atoms with Gasteiger partial charge in [-0.1, -0.05) is 42.0 Å². The zero-order chi connectivity index (χ0) is 20.7. The lowest BCUT2D eigenvalue weighted by Gasteiger charge is -2.29. The van der Waals surface area contributed by atoms with Crippen LogP contribution in [0.1, 0.15) is 35.5 Å². The predicted molar refractivity (Wildman–Crippen MR) is 119 cm³/mol. The minimum absolute atomic E-state index is 0.00407. The molecule has 0 amide bonds. The quantitative estimate of drug-likeness (QED) is 0.641. The predicted octanol–water partition coefficient (Wildman–Crippen LogP) is 4.40. The number of ether oxygens (including phenoxy) is 1. The monoisotopic (exact) mass is 399 g/mol. The molecule has 5 rings (SSSR count). The third-order valence-electron chi connectivity index (χ3n) is 5.68. The highest BCUT2D eigenvalue weighted by Gasteiger charge is 2.34. The molecule has 2 aliphatic rings. The van der Waals surface area contributed by atoms with E-state index >= 15 is 0 Å². The molecule has 6 heteroatoms. The summed E-state index contributed by atoms with van der Waals surface area (Å²) in [6, 6.07) is 14.5. The van der Waals surface area contributed by atoms with Crippen LogP contribution >= 0.6 is 0 Å². The molecule has 0 aliphatic carbocycles. The first-order valence-electron chi connectivity index (χ1n) is 10.2. The Balaban J connectivity index is 1.48. The van der Waals surface area contributed by atoms with Crippen LogP contribution in [0.3, 0.4) is 0 Å². The van der Waals surface area contributed by atoms with Crippen LogP contribution in [0, 0.1) is 6.92 Å². The van der Waals surface area contributed by atoms with Crippen LogP contribution < -0.4 is 10.1 Å². The number of rotatable bonds is 3. The van der Waals surface area contributed by atoms with Crippen LogP contribution in [0.2, 0.25) is 0 Å². The van der Waals surface area contributed by atoms with Crippen LogP contribution in [-0.2, 0) is 0 Å². The highest BCUT2D eigenvalue weighted by Crippen LogP contribution is 2.35. The Labute approximate surface area is 176 Å². The largest absolute Gasteiger partial charge is 0.497 e. The Bertz CT molecular complexity index is 1180. The van der Waals surface area contributed by atoms with E-state index in [0.29, 0.717) is 0 Å². The third kappa shape index (κ3) is 3.34. The van der Waals surface area contributed by atoms with Crippen molar-refractivity contribution in [1.82, 2.24) is 20.2 Å². The summed E-state index contributed by atoms with van der Waals surface area (Å²) in [5.74, 6) is 2.59. The molecule has 0 bridgehead atoms. The molecule has 3 heterocycles. The van der Waals surface area contributed by atoms with Gasteiger partial charge < -0.3 is 19.9 Å². The Kier molecular flexibility index (Phi) is 4.54. The molecule has 0 saturated carbocycles. The molecule has 1 aromatic heterocycles. The van der Waals surface area contributed by atoms with Gasteiger partial charge in [-0.2, -0.15) is 0 Å². The maximum absolute atomic E-state index is 5.34. The highest BCUT2D eigenvalue weighted by atomic mass is 16.5. The van der Waals surface area contributed by atoms with Crippen LogP contribution in [0.4, 0.5) is 0 Å². The van der Waals surface area contributed by atoms with Gasteiger partial charge in [0.2, 0.25) is 0 Å². The van der Waals surface area contributed by atoms with Crippen molar-refractivity contribution in [2.24, 2.45) is 4.99 Å². The van der Waals surface area contributed by atoms with E-state index in [0.717, 1.165) is 41.5 Å². The molecule has 2 aliphatic heterocycles. The lowest BCUT2D eigenvalue weighted by atomic mass is 10.0. The van der Waals surface area contributed by atoms with E-state index in [4.69, 9.17) is 14.7 Å². The van der Waals surface area contributed by atoms with Crippen LogP contribution in [0.15, 0.2) is 71.9 Å². The number of aromatic amines is 1. The number of nitrogens with zero attached hydrogens (tertiary/aromatic N) is 3. The summed E-state index contributed by atoms with van der Waals surface area (Å²) in [5.41, 5.74) is 5.50. The lowest BCUT2D eigenvalue weighted by molar-refractivity contribution is 0.374. The van der Waals surface area contributed by atoms with Crippen molar-refractivity contribution in [2.45, 2.75) is 25.4 Å². The summed E-state index contributed by atoms with van der Waals surface area (Å²) in [7, 11) is 1.67. The van der Waals surface area contributed by atoms with E-state index in [-0.39, 0.29) is 12.1 Å². The van der Waals surface area contributed by atoms with Crippen molar-refractivity contribution >= 4 is 17.0 Å². The van der Waals surface area contributed by atoms with E-state index < -0.39 is 0 Å². The number of guanidine groups is 1. The van der Waals surface area contributed by atoms with Crippen molar-refractivity contribution in [3.05, 3.63) is 83.8 Å². The van der Waals surface area contributed by atoms with Gasteiger partial charge in [-0.05, 0) is 37.1 Å². The van der Waals surface area contributed by atoms with E-state index in [9.17, 15) is 0 Å². The topological polar surface area (TPSA) is 65.5 Å². The van der Waals surface area contributed by atoms with E-state index in [1.165, 1.54) is 16.7 Å². The molecular formula is C24H25N5O. The molecule has 2 atom stereocenters. The van der Waals surface area contributed by atoms with Crippen molar-refractivity contribution < 1.29 is 4.74 Å². The van der Waals surface area contributed by atoms with Gasteiger partial charge in [0.05, 0.1) is 30.2 Å². The Morgan fingerprint density at radius 3 is 2.93 bits per heavy atom. The van der Waals surface area contributed by atoms with Gasteiger partial charge in [0.1, 0.15) is 11.6 Å². The maximum atomic E-state index is 5.34. The van der Waals surface area contributed by atoms with Gasteiger partial charge in [-0.25, -0.2) is 9.98 Å². The number of H-pyrrole nitrogens is 1. The fourth-order valence-corrected chi connectivity index (χ4v) is 4.18. The number of hydrogen-bond donors (Lipinski definition) is 2. The molecular weight excluding hydrogens is 374 g/mol. The van der Waals surface area contributed by atoms with E-state index in [2.05, 4.69) is 59.0 Å². The van der Waals surface area contributed by atoms with Crippen LogP contribution in [-0.4, -0.2) is 34.5 Å². The average Bonchev–Trinajstić information content (AvgIpc) is 3.36. The Morgan fingerprint density at radius 1 is 1.20 bits per heavy atom. The van der Waals surface area contributed by atoms with Gasteiger partial charge in [0, 0.05) is 18.8 Å². The fourth-order valence-electron chi connectivity index (χ4n) is 4.18. The second-order valence-corrected chi connectivity index (χ2v) is 7.92. The third-order valence-corrected chi connectivity index (χ3v) is 5.68. The second-order valence-electron chi connectivity index (χ2n) is 7.92. The molecule has 0 spiro atoms. The molecule has 6 nitrogen and oxygen atoms in total. The van der Waals surface area contributed by atoms with Gasteiger partial charge in [-0.3, -0.25) is 0 Å². The zero-order valence-electron chi connectivity index (χ0n) is 17.2. The number of hydrogen-bond acceptors (Lipinski definition) is 5. The number of methoxy groups -OCH3 is 1. The standard InChI is InChI=1S/C24H25N5O/c1-15-5-4-6-17(11-15)19-9-10-25-24(28-19)29-14-16(2)12-22(29)23-26-20-8-7-18(30-3)13-21(20)27-23/h4-11,13,19,22H,2,12,14H2,1,3H3,(H,25,28)(H,26,27)/t19?,22-/m0/s1. The van der Waals surface area contributed by atoms with Crippen LogP contribution in [0.5, 0.6) is 5.75 Å². The van der Waals surface area contributed by atoms with E-state index in [1.54, 1.807) is 7.11 Å². The Hall–Kier alpha value is -3.54. The van der Waals surface area contributed by atoms with Crippen LogP contribution in [0.25, 0.3) is 11.0 Å². The molecule has 2 aromatic carbocycles. The van der Waals surface area contributed by atoms with Crippen molar-refractivity contribution in [1.29, 1.82) is 0 Å². The molecule has 30 heavy (non-hydrogen) atoms. The molecule has 1 unspecified atom stereocenters. The summed E-state index contributed by atoms with van der Waals surface area (Å²) in [5, 5.41) is 3.34. The van der Waals surface area contributed by atoms with E-state index in [1.807, 2.05) is 24.4 Å². The van der Waals surface area contributed by atoms with Gasteiger partial charge in [0.25, 0.3) is 0 Å². The van der Waals surface area contributed by atoms with Gasteiger partial charge in [0.15, 0.2) is 5.96 Å². The Morgan fingerprint density at radius 2 is 2.10 bits per heavy atom. The maximum Gasteiger partial charge on any atom is 0.199 e. The molecule has 2 N–H and O–H groups in total. The normalized spacial score (nSPS) is 21.1. The smallest absolute Gasteiger partial charge is 0.199 e. The number of fused-ring (bicyclic) bond motifs is 1. The molecule has 1 saturated heterocycles. The minimum atomic E-state index is -0.00407. The van der Waals surface area contributed by atoms with Gasteiger partial charge in [-0.15, -0.1) is 0 Å². The first-order chi connectivity index (χ1) is 14.6. The molecule has 3 aromatic rings. The lowest BCUT2D eigenvalue weighted by Crippen LogP contribution is -2.40. The summed E-state index contributed by atoms with van der Waals surface area (Å²) in [6.07, 6.45) is 4.92. The summed E-state index contributed by atoms with van der Waals surface area (Å²) >= 11 is 0. The number of aliphatic imine (C=N–C) groups is 1. The zero-order valence-corrected chi connectivity index (χ0v) is 17.2. The summed E-state index contributed by atoms with van der Waals surface area (Å²) in [6.45, 7) is 7.10. The summed E-state index contributed by atoms with van der Waals surface area (Å²) in [4.78, 5) is 15.6. The number of nitrogens with one attached hydrogen (secondary N) is 2.